The summed E-state index contributed by atoms with van der Waals surface area (Å²) in [4.78, 5) is 2.18. The number of hydrogen-bond donors (Lipinski definition) is 0. The second-order valence-electron chi connectivity index (χ2n) is 8.48. The lowest BCUT2D eigenvalue weighted by Gasteiger charge is -2.17. The average molecular weight is 497 g/mol. The van der Waals surface area contributed by atoms with Gasteiger partial charge in [-0.3, -0.25) is 4.90 Å². The molecule has 0 atom stereocenters. The Morgan fingerprint density at radius 3 is 2.47 bits per heavy atom. The highest BCUT2D eigenvalue weighted by molar-refractivity contribution is 7.71. The van der Waals surface area contributed by atoms with Crippen LogP contribution in [-0.2, 0) is 26.9 Å². The normalized spacial score (nSPS) is 11.4. The molecule has 4 rings (SSSR count). The van der Waals surface area contributed by atoms with Crippen molar-refractivity contribution in [2.45, 2.75) is 40.6 Å². The summed E-state index contributed by atoms with van der Waals surface area (Å²) in [6.07, 6.45) is 0. The van der Waals surface area contributed by atoms with E-state index >= 15 is 0 Å². The Bertz CT molecular complexity index is 1370. The van der Waals surface area contributed by atoms with E-state index in [1.807, 2.05) is 51.3 Å². The molecule has 0 saturated heterocycles. The van der Waals surface area contributed by atoms with E-state index in [-0.39, 0.29) is 6.61 Å². The number of rotatable bonds is 8. The third kappa shape index (κ3) is 4.94. The number of ether oxygens (including phenoxy) is 1. The number of nitrogens with zero attached hydrogens (tertiary/aromatic N) is 6. The molecule has 0 aliphatic rings. The molecule has 0 fully saturated rings. The Balaban J connectivity index is 1.48. The van der Waals surface area contributed by atoms with E-state index in [4.69, 9.17) is 33.7 Å². The van der Waals surface area contributed by atoms with Crippen LogP contribution >= 0.6 is 23.8 Å². The van der Waals surface area contributed by atoms with Crippen molar-refractivity contribution in [3.05, 3.63) is 86.7 Å². The minimum Gasteiger partial charge on any atom is -0.484 e. The monoisotopic (exact) mass is 496 g/mol. The van der Waals surface area contributed by atoms with Crippen molar-refractivity contribution >= 4 is 23.8 Å². The van der Waals surface area contributed by atoms with E-state index in [9.17, 15) is 0 Å². The number of benzene rings is 2. The number of halogens is 1. The highest BCUT2D eigenvalue weighted by atomic mass is 35.5. The molecule has 0 spiro atoms. The fourth-order valence-corrected chi connectivity index (χ4v) is 4.34. The van der Waals surface area contributed by atoms with Gasteiger partial charge in [0.1, 0.15) is 12.4 Å². The average Bonchev–Trinajstić information content (AvgIpc) is 3.23. The first-order chi connectivity index (χ1) is 16.3. The largest absolute Gasteiger partial charge is 0.484 e. The van der Waals surface area contributed by atoms with Gasteiger partial charge in [-0.1, -0.05) is 41.9 Å². The van der Waals surface area contributed by atoms with E-state index in [1.165, 1.54) is 11.1 Å². The molecular weight excluding hydrogens is 468 g/mol. The molecule has 0 aliphatic heterocycles. The molecular formula is C25H29ClN6OS. The van der Waals surface area contributed by atoms with Gasteiger partial charge >= 0.3 is 0 Å². The van der Waals surface area contributed by atoms with Crippen molar-refractivity contribution in [2.75, 3.05) is 7.05 Å². The maximum atomic E-state index is 6.20. The van der Waals surface area contributed by atoms with Crippen molar-refractivity contribution in [1.82, 2.24) is 29.0 Å². The Kier molecular flexibility index (Phi) is 7.21. The fraction of sp³-hybridized carbons (Fsp3) is 0.320. The number of para-hydroxylation sites is 2. The van der Waals surface area contributed by atoms with Gasteiger partial charge in [0.05, 0.1) is 23.1 Å². The molecule has 2 aromatic heterocycles. The summed E-state index contributed by atoms with van der Waals surface area (Å²) in [6.45, 7) is 7.84. The van der Waals surface area contributed by atoms with Crippen LogP contribution in [0, 0.1) is 25.5 Å². The van der Waals surface area contributed by atoms with Crippen molar-refractivity contribution < 1.29 is 4.74 Å². The van der Waals surface area contributed by atoms with E-state index in [0.29, 0.717) is 22.2 Å². The Labute approximate surface area is 210 Å². The molecule has 2 heterocycles. The second kappa shape index (κ2) is 10.1. The van der Waals surface area contributed by atoms with Crippen LogP contribution in [0.25, 0.3) is 5.69 Å². The van der Waals surface area contributed by atoms with Crippen LogP contribution in [0.4, 0.5) is 0 Å². The topological polar surface area (TPSA) is 53.0 Å². The summed E-state index contributed by atoms with van der Waals surface area (Å²) < 4.78 is 12.2. The van der Waals surface area contributed by atoms with Crippen LogP contribution < -0.4 is 4.74 Å². The van der Waals surface area contributed by atoms with Crippen LogP contribution in [0.5, 0.6) is 5.75 Å². The summed E-state index contributed by atoms with van der Waals surface area (Å²) in [7, 11) is 3.96. The highest BCUT2D eigenvalue weighted by Crippen LogP contribution is 2.24. The maximum Gasteiger partial charge on any atom is 0.198 e. The van der Waals surface area contributed by atoms with E-state index in [2.05, 4.69) is 50.0 Å². The molecule has 2 aromatic carbocycles. The van der Waals surface area contributed by atoms with Crippen molar-refractivity contribution in [3.8, 4) is 11.4 Å². The number of aryl methyl sites for hydroxylation is 2. The molecule has 7 nitrogen and oxygen atoms in total. The van der Waals surface area contributed by atoms with Gasteiger partial charge < -0.3 is 9.30 Å². The van der Waals surface area contributed by atoms with Crippen LogP contribution in [0.3, 0.4) is 0 Å². The molecule has 0 saturated carbocycles. The second-order valence-corrected chi connectivity index (χ2v) is 9.25. The highest BCUT2D eigenvalue weighted by Gasteiger charge is 2.17. The Morgan fingerprint density at radius 1 is 1.03 bits per heavy atom. The summed E-state index contributed by atoms with van der Waals surface area (Å²) >= 11 is 11.8. The molecule has 0 amide bonds. The Morgan fingerprint density at radius 2 is 1.74 bits per heavy atom. The van der Waals surface area contributed by atoms with Gasteiger partial charge in [0.25, 0.3) is 0 Å². The zero-order valence-electron chi connectivity index (χ0n) is 20.1. The number of aromatic nitrogens is 5. The van der Waals surface area contributed by atoms with E-state index in [1.54, 1.807) is 6.07 Å². The fourth-order valence-electron chi connectivity index (χ4n) is 3.94. The van der Waals surface area contributed by atoms with Gasteiger partial charge in [0.2, 0.25) is 0 Å². The first-order valence-electron chi connectivity index (χ1n) is 11.1. The molecule has 0 N–H and O–H groups in total. The third-order valence-electron chi connectivity index (χ3n) is 5.91. The lowest BCUT2D eigenvalue weighted by atomic mass is 10.1. The lowest BCUT2D eigenvalue weighted by Crippen LogP contribution is -2.23. The molecule has 0 unspecified atom stereocenters. The zero-order valence-corrected chi connectivity index (χ0v) is 21.7. The van der Waals surface area contributed by atoms with E-state index in [0.717, 1.165) is 29.4 Å². The first kappa shape index (κ1) is 24.2. The SMILES string of the molecule is Cc1ccccc1-n1nc(C)c(CN(C)Cn2nc(COc3ccccc3Cl)n(C)c2=S)c1C. The predicted octanol–water partition coefficient (Wildman–Crippen LogP) is 5.38. The van der Waals surface area contributed by atoms with Gasteiger partial charge in [0, 0.05) is 24.8 Å². The van der Waals surface area contributed by atoms with Gasteiger partial charge in [-0.05, 0) is 63.8 Å². The Hall–Kier alpha value is -2.94. The van der Waals surface area contributed by atoms with Gasteiger partial charge in [-0.25, -0.2) is 9.36 Å². The van der Waals surface area contributed by atoms with Crippen LogP contribution in [-0.4, -0.2) is 36.1 Å². The summed E-state index contributed by atoms with van der Waals surface area (Å²) in [5, 5.41) is 10.1. The molecule has 178 valence electrons. The van der Waals surface area contributed by atoms with Crippen LogP contribution in [0.2, 0.25) is 5.02 Å². The first-order valence-corrected chi connectivity index (χ1v) is 11.8. The van der Waals surface area contributed by atoms with Gasteiger partial charge in [0.15, 0.2) is 10.6 Å². The molecule has 4 aromatic rings. The quantitative estimate of drug-likeness (QED) is 0.306. The van der Waals surface area contributed by atoms with Crippen LogP contribution in [0.15, 0.2) is 48.5 Å². The van der Waals surface area contributed by atoms with Gasteiger partial charge in [-0.2, -0.15) is 10.2 Å². The van der Waals surface area contributed by atoms with Crippen molar-refractivity contribution in [2.24, 2.45) is 7.05 Å². The zero-order chi connectivity index (χ0) is 24.4. The summed E-state index contributed by atoms with van der Waals surface area (Å²) in [6, 6.07) is 15.7. The minimum atomic E-state index is 0.280. The van der Waals surface area contributed by atoms with Crippen molar-refractivity contribution in [1.29, 1.82) is 0 Å². The predicted molar refractivity (Wildman–Crippen MR) is 137 cm³/mol. The minimum absolute atomic E-state index is 0.280. The molecule has 0 aliphatic carbocycles. The van der Waals surface area contributed by atoms with Gasteiger partial charge in [-0.15, -0.1) is 0 Å². The van der Waals surface area contributed by atoms with Crippen molar-refractivity contribution in [3.63, 3.8) is 0 Å². The molecule has 0 bridgehead atoms. The van der Waals surface area contributed by atoms with Crippen LogP contribution in [0.1, 0.15) is 28.3 Å². The summed E-state index contributed by atoms with van der Waals surface area (Å²) in [5.41, 5.74) is 5.66. The lowest BCUT2D eigenvalue weighted by molar-refractivity contribution is 0.240. The van der Waals surface area contributed by atoms with E-state index < -0.39 is 0 Å². The third-order valence-corrected chi connectivity index (χ3v) is 6.71. The molecule has 0 radical (unpaired) electrons. The smallest absolute Gasteiger partial charge is 0.198 e. The number of hydrogen-bond acceptors (Lipinski definition) is 5. The molecule has 9 heteroatoms. The molecule has 34 heavy (non-hydrogen) atoms. The standard InChI is InChI=1S/C25H29ClN6OS/c1-17-10-6-8-12-22(17)32-19(3)20(18(2)27-32)14-29(4)16-31-25(34)30(5)24(28-31)15-33-23-13-9-7-11-21(23)26/h6-13H,14-16H2,1-5H3. The maximum absolute atomic E-state index is 6.20. The summed E-state index contributed by atoms with van der Waals surface area (Å²) in [5.74, 6) is 1.36.